The number of hydrogen-bond donors (Lipinski definition) is 0. The standard InChI is InChI=1S/C11H9F17OSi/c1-3(12)4(13,14)5(15,16)6(17,18)7(19,20)8(21,22)9(23,24)10(25,26)11(27,28)30-29-2/h3H,30H2,1-2H3. The lowest BCUT2D eigenvalue weighted by Crippen LogP contribution is -2.75. The molecule has 0 rings (SSSR count). The Bertz CT molecular complexity index is 613. The van der Waals surface area contributed by atoms with Crippen molar-refractivity contribution in [2.24, 2.45) is 0 Å². The first-order chi connectivity index (χ1) is 12.8. The highest BCUT2D eigenvalue weighted by Crippen LogP contribution is 2.64. The Hall–Kier alpha value is -1.01. The lowest BCUT2D eigenvalue weighted by Gasteiger charge is -2.43. The van der Waals surface area contributed by atoms with Crippen LogP contribution in [-0.2, 0) is 4.43 Å². The molecule has 182 valence electrons. The van der Waals surface area contributed by atoms with Crippen LogP contribution in [0.2, 0.25) is 0 Å². The summed E-state index contributed by atoms with van der Waals surface area (Å²) in [5.41, 5.74) is -6.33. The molecule has 19 heteroatoms. The second-order valence-electron chi connectivity index (χ2n) is 5.82. The molecule has 0 aromatic heterocycles. The largest absolute Gasteiger partial charge is 0.420 e. The molecule has 0 N–H and O–H groups in total. The molecule has 1 nitrogen and oxygen atoms in total. The zero-order chi connectivity index (χ0) is 25.0. The fourth-order valence-electron chi connectivity index (χ4n) is 1.75. The van der Waals surface area contributed by atoms with Crippen molar-refractivity contribution in [3.8, 4) is 0 Å². The molecule has 0 aliphatic rings. The van der Waals surface area contributed by atoms with Crippen LogP contribution < -0.4 is 0 Å². The maximum absolute atomic E-state index is 13.4. The predicted molar refractivity (Wildman–Crippen MR) is 65.7 cm³/mol. The summed E-state index contributed by atoms with van der Waals surface area (Å²) < 4.78 is 227. The number of rotatable bonds is 10. The SMILES string of the molecule is CO[SiH2]C(F)(F)C(F)(F)C(F)(F)C(F)(F)C(F)(F)C(F)(F)C(F)(F)C(F)(F)C(C)F. The normalized spacial score (nSPS) is 17.7. The van der Waals surface area contributed by atoms with Gasteiger partial charge in [0.05, 0.1) is 0 Å². The van der Waals surface area contributed by atoms with Crippen LogP contribution in [0.3, 0.4) is 0 Å². The molecule has 30 heavy (non-hydrogen) atoms. The van der Waals surface area contributed by atoms with Gasteiger partial charge >= 0.3 is 47.0 Å². The van der Waals surface area contributed by atoms with Crippen molar-refractivity contribution in [3.63, 3.8) is 0 Å². The lowest BCUT2D eigenvalue weighted by molar-refractivity contribution is -0.451. The highest BCUT2D eigenvalue weighted by molar-refractivity contribution is 6.31. The first kappa shape index (κ1) is 29.0. The average Bonchev–Trinajstić information content (AvgIpc) is 2.53. The molecule has 0 aliphatic heterocycles. The molecule has 1 unspecified atom stereocenters. The van der Waals surface area contributed by atoms with E-state index < -0.39 is 69.9 Å². The highest BCUT2D eigenvalue weighted by Gasteiger charge is 2.95. The molecule has 0 fully saturated rings. The maximum Gasteiger partial charge on any atom is 0.385 e. The minimum atomic E-state index is -8.53. The molecule has 0 aromatic rings. The van der Waals surface area contributed by atoms with E-state index in [9.17, 15) is 74.6 Å². The average molecular weight is 508 g/mol. The van der Waals surface area contributed by atoms with Crippen LogP contribution in [0, 0.1) is 0 Å². The van der Waals surface area contributed by atoms with E-state index in [0.717, 1.165) is 0 Å². The summed E-state index contributed by atoms with van der Waals surface area (Å²) in [6.07, 6.45) is -4.47. The molecule has 0 aliphatic carbocycles. The van der Waals surface area contributed by atoms with Crippen molar-refractivity contribution in [2.45, 2.75) is 60.1 Å². The quantitative estimate of drug-likeness (QED) is 0.295. The van der Waals surface area contributed by atoms with Gasteiger partial charge in [0, 0.05) is 7.11 Å². The molecule has 0 bridgehead atoms. The van der Waals surface area contributed by atoms with Crippen molar-refractivity contribution < 1.29 is 79.1 Å². The highest BCUT2D eigenvalue weighted by atomic mass is 28.2. The van der Waals surface area contributed by atoms with Gasteiger partial charge in [-0.3, -0.25) is 0 Å². The summed E-state index contributed by atoms with van der Waals surface area (Å²) in [4.78, 5) is 0. The van der Waals surface area contributed by atoms with Crippen molar-refractivity contribution >= 4 is 9.76 Å². The smallest absolute Gasteiger partial charge is 0.385 e. The molecule has 0 aromatic carbocycles. The summed E-state index contributed by atoms with van der Waals surface area (Å²) >= 11 is 0. The monoisotopic (exact) mass is 508 g/mol. The molecule has 0 amide bonds. The van der Waals surface area contributed by atoms with Crippen LogP contribution in [-0.4, -0.2) is 70.0 Å². The predicted octanol–water partition coefficient (Wildman–Crippen LogP) is 5.11. The molecule has 1 atom stereocenters. The van der Waals surface area contributed by atoms with E-state index in [1.54, 1.807) is 0 Å². The number of hydrogen-bond acceptors (Lipinski definition) is 1. The second-order valence-corrected chi connectivity index (χ2v) is 7.58. The lowest BCUT2D eigenvalue weighted by atomic mass is 9.88. The van der Waals surface area contributed by atoms with Gasteiger partial charge in [-0.1, -0.05) is 0 Å². The summed E-state index contributed by atoms with van der Waals surface area (Å²) in [7, 11) is -4.11. The Morgan fingerprint density at radius 3 is 1.07 bits per heavy atom. The summed E-state index contributed by atoms with van der Waals surface area (Å²) in [5.74, 6) is -56.0. The summed E-state index contributed by atoms with van der Waals surface area (Å²) in [6, 6.07) is 0. The molecule has 0 saturated heterocycles. The Morgan fingerprint density at radius 2 is 0.800 bits per heavy atom. The van der Waals surface area contributed by atoms with Crippen molar-refractivity contribution in [1.29, 1.82) is 0 Å². The van der Waals surface area contributed by atoms with Crippen LogP contribution in [0.4, 0.5) is 74.6 Å². The molecule has 0 spiro atoms. The summed E-state index contributed by atoms with van der Waals surface area (Å²) in [6.45, 7) is -0.640. The van der Waals surface area contributed by atoms with Gasteiger partial charge in [-0.2, -0.15) is 61.5 Å². The topological polar surface area (TPSA) is 9.23 Å². The Kier molecular flexibility index (Phi) is 7.29. The van der Waals surface area contributed by atoms with Gasteiger partial charge in [0.2, 0.25) is 9.76 Å². The van der Waals surface area contributed by atoms with Crippen LogP contribution in [0.1, 0.15) is 6.92 Å². The molecule has 0 radical (unpaired) electrons. The van der Waals surface area contributed by atoms with Crippen molar-refractivity contribution in [1.82, 2.24) is 0 Å². The fraction of sp³-hybridized carbons (Fsp3) is 1.00. The van der Waals surface area contributed by atoms with E-state index >= 15 is 0 Å². The summed E-state index contributed by atoms with van der Waals surface area (Å²) in [5, 5.41) is 0. The van der Waals surface area contributed by atoms with Gasteiger partial charge in [-0.25, -0.2) is 13.2 Å². The third-order valence-corrected chi connectivity index (χ3v) is 4.77. The minimum Gasteiger partial charge on any atom is -0.420 e. The molecular weight excluding hydrogens is 499 g/mol. The van der Waals surface area contributed by atoms with E-state index in [4.69, 9.17) is 0 Å². The van der Waals surface area contributed by atoms with Crippen LogP contribution >= 0.6 is 0 Å². The third-order valence-electron chi connectivity index (χ3n) is 3.67. The van der Waals surface area contributed by atoms with Crippen molar-refractivity contribution in [2.75, 3.05) is 7.11 Å². The number of halogens is 17. The second kappa shape index (κ2) is 7.54. The van der Waals surface area contributed by atoms with E-state index in [-0.39, 0.29) is 7.11 Å². The Labute approximate surface area is 157 Å². The number of alkyl halides is 17. The zero-order valence-corrected chi connectivity index (χ0v) is 15.5. The van der Waals surface area contributed by atoms with E-state index in [1.165, 1.54) is 0 Å². The maximum atomic E-state index is 13.4. The van der Waals surface area contributed by atoms with Gasteiger partial charge in [0.1, 0.15) is 0 Å². The van der Waals surface area contributed by atoms with E-state index in [2.05, 4.69) is 4.43 Å². The van der Waals surface area contributed by atoms with Gasteiger partial charge in [-0.15, -0.1) is 0 Å². The fourth-order valence-corrected chi connectivity index (χ4v) is 2.52. The van der Waals surface area contributed by atoms with Crippen LogP contribution in [0.15, 0.2) is 0 Å². The molecule has 0 saturated carbocycles. The Morgan fingerprint density at radius 1 is 0.533 bits per heavy atom. The van der Waals surface area contributed by atoms with Gasteiger partial charge in [0.15, 0.2) is 6.17 Å². The zero-order valence-electron chi connectivity index (χ0n) is 14.1. The van der Waals surface area contributed by atoms with Crippen LogP contribution in [0.25, 0.3) is 0 Å². The first-order valence-electron chi connectivity index (χ1n) is 6.91. The van der Waals surface area contributed by atoms with Gasteiger partial charge in [-0.05, 0) is 6.92 Å². The van der Waals surface area contributed by atoms with Crippen LogP contribution in [0.5, 0.6) is 0 Å². The van der Waals surface area contributed by atoms with Gasteiger partial charge in [0.25, 0.3) is 0 Å². The molecule has 0 heterocycles. The van der Waals surface area contributed by atoms with Crippen molar-refractivity contribution in [3.05, 3.63) is 0 Å². The van der Waals surface area contributed by atoms with E-state index in [0.29, 0.717) is 0 Å². The molecular formula is C11H9F17OSi. The van der Waals surface area contributed by atoms with E-state index in [1.807, 2.05) is 0 Å². The first-order valence-corrected chi connectivity index (χ1v) is 8.19. The van der Waals surface area contributed by atoms with Gasteiger partial charge < -0.3 is 4.43 Å². The Balaban J connectivity index is 6.75. The third kappa shape index (κ3) is 3.52. The minimum absolute atomic E-state index is 0.163.